The highest BCUT2D eigenvalue weighted by Crippen LogP contribution is 2.13. The number of ether oxygens (including phenoxy) is 1. The topological polar surface area (TPSA) is 116 Å². The first-order valence-corrected chi connectivity index (χ1v) is 9.07. The molecule has 0 heterocycles. The lowest BCUT2D eigenvalue weighted by Crippen LogP contribution is -2.30. The Balaban J connectivity index is 1.90. The summed E-state index contributed by atoms with van der Waals surface area (Å²) in [5.74, 6) is -1.63. The summed E-state index contributed by atoms with van der Waals surface area (Å²) in [6, 6.07) is 10.6. The number of amides is 1. The van der Waals surface area contributed by atoms with Gasteiger partial charge in [-0.2, -0.15) is 0 Å². The maximum absolute atomic E-state index is 12.8. The van der Waals surface area contributed by atoms with Crippen molar-refractivity contribution in [3.8, 4) is 0 Å². The Morgan fingerprint density at radius 3 is 2.23 bits per heavy atom. The Hall–Kier alpha value is -2.78. The molecule has 1 amide bonds. The van der Waals surface area contributed by atoms with Crippen LogP contribution in [0.15, 0.2) is 53.4 Å². The van der Waals surface area contributed by atoms with Gasteiger partial charge in [0.2, 0.25) is 10.0 Å². The summed E-state index contributed by atoms with van der Waals surface area (Å²) >= 11 is 0. The highest BCUT2D eigenvalue weighted by Gasteiger charge is 2.18. The van der Waals surface area contributed by atoms with Crippen molar-refractivity contribution >= 4 is 27.6 Å². The van der Waals surface area contributed by atoms with Crippen molar-refractivity contribution in [3.05, 3.63) is 59.9 Å². The maximum Gasteiger partial charge on any atom is 0.311 e. The minimum Gasteiger partial charge on any atom is -0.452 e. The van der Waals surface area contributed by atoms with Crippen LogP contribution >= 0.6 is 0 Å². The second kappa shape index (κ2) is 8.07. The summed E-state index contributed by atoms with van der Waals surface area (Å²) in [4.78, 5) is 23.8. The second-order valence-corrected chi connectivity index (χ2v) is 7.06. The minimum atomic E-state index is -3.82. The molecule has 0 aromatic heterocycles. The predicted octanol–water partition coefficient (Wildman–Crippen LogP) is 1.59. The molecule has 2 rings (SSSR count). The van der Waals surface area contributed by atoms with Crippen molar-refractivity contribution in [1.82, 2.24) is 0 Å². The smallest absolute Gasteiger partial charge is 0.311 e. The monoisotopic (exact) mass is 380 g/mol. The van der Waals surface area contributed by atoms with E-state index in [4.69, 9.17) is 9.88 Å². The SMILES string of the molecule is C[C@H](OC(=O)Cc1ccc(F)cc1)C(=O)Nc1ccc(S(N)(=O)=O)cc1. The van der Waals surface area contributed by atoms with Gasteiger partial charge in [-0.25, -0.2) is 17.9 Å². The molecule has 0 saturated carbocycles. The van der Waals surface area contributed by atoms with Crippen molar-refractivity contribution in [2.24, 2.45) is 5.14 Å². The van der Waals surface area contributed by atoms with Crippen LogP contribution in [0.3, 0.4) is 0 Å². The van der Waals surface area contributed by atoms with E-state index in [0.29, 0.717) is 11.3 Å². The van der Waals surface area contributed by atoms with E-state index in [-0.39, 0.29) is 11.3 Å². The Labute approximate surface area is 150 Å². The number of esters is 1. The van der Waals surface area contributed by atoms with Crippen LogP contribution in [-0.4, -0.2) is 26.4 Å². The fourth-order valence-corrected chi connectivity index (χ4v) is 2.55. The summed E-state index contributed by atoms with van der Waals surface area (Å²) in [6.07, 6.45) is -1.16. The molecule has 0 aliphatic rings. The number of carbonyl (C=O) groups is 2. The molecule has 0 radical (unpaired) electrons. The first-order chi connectivity index (χ1) is 12.1. The van der Waals surface area contributed by atoms with Crippen LogP contribution < -0.4 is 10.5 Å². The summed E-state index contributed by atoms with van der Waals surface area (Å²) < 4.78 is 40.2. The molecule has 0 spiro atoms. The summed E-state index contributed by atoms with van der Waals surface area (Å²) in [5.41, 5.74) is 0.881. The van der Waals surface area contributed by atoms with Gasteiger partial charge < -0.3 is 10.1 Å². The van der Waals surface area contributed by atoms with Gasteiger partial charge in [0, 0.05) is 5.69 Å². The number of rotatable bonds is 6. The van der Waals surface area contributed by atoms with Crippen molar-refractivity contribution in [3.63, 3.8) is 0 Å². The number of primary sulfonamides is 1. The molecule has 0 saturated heterocycles. The van der Waals surface area contributed by atoms with Crippen LogP contribution in [0.4, 0.5) is 10.1 Å². The number of nitrogens with one attached hydrogen (secondary N) is 1. The molecule has 26 heavy (non-hydrogen) atoms. The molecule has 0 aliphatic heterocycles. The van der Waals surface area contributed by atoms with Crippen molar-refractivity contribution in [2.45, 2.75) is 24.3 Å². The normalized spacial score (nSPS) is 12.3. The lowest BCUT2D eigenvalue weighted by atomic mass is 10.1. The molecular formula is C17H17FN2O5S. The van der Waals surface area contributed by atoms with Crippen LogP contribution in [0.25, 0.3) is 0 Å². The zero-order valence-electron chi connectivity index (χ0n) is 13.8. The van der Waals surface area contributed by atoms with E-state index in [0.717, 1.165) is 0 Å². The molecule has 1 atom stereocenters. The molecular weight excluding hydrogens is 363 g/mol. The number of anilines is 1. The van der Waals surface area contributed by atoms with Crippen LogP contribution in [0.1, 0.15) is 12.5 Å². The first-order valence-electron chi connectivity index (χ1n) is 7.53. The van der Waals surface area contributed by atoms with Gasteiger partial charge in [-0.15, -0.1) is 0 Å². The number of benzene rings is 2. The van der Waals surface area contributed by atoms with Crippen molar-refractivity contribution in [1.29, 1.82) is 0 Å². The number of carbonyl (C=O) groups excluding carboxylic acids is 2. The Morgan fingerprint density at radius 1 is 1.12 bits per heavy atom. The summed E-state index contributed by atoms with van der Waals surface area (Å²) in [7, 11) is -3.82. The maximum atomic E-state index is 12.8. The van der Waals surface area contributed by atoms with E-state index in [2.05, 4.69) is 5.32 Å². The fourth-order valence-electron chi connectivity index (χ4n) is 2.03. The quantitative estimate of drug-likeness (QED) is 0.739. The largest absolute Gasteiger partial charge is 0.452 e. The van der Waals surface area contributed by atoms with Gasteiger partial charge in [-0.05, 0) is 48.9 Å². The van der Waals surface area contributed by atoms with E-state index in [9.17, 15) is 22.4 Å². The highest BCUT2D eigenvalue weighted by atomic mass is 32.2. The Bertz CT molecular complexity index is 896. The number of sulfonamides is 1. The third kappa shape index (κ3) is 5.64. The number of hydrogen-bond donors (Lipinski definition) is 2. The van der Waals surface area contributed by atoms with Gasteiger partial charge >= 0.3 is 5.97 Å². The zero-order chi connectivity index (χ0) is 19.3. The lowest BCUT2D eigenvalue weighted by Gasteiger charge is -2.14. The van der Waals surface area contributed by atoms with Gasteiger partial charge in [-0.3, -0.25) is 9.59 Å². The summed E-state index contributed by atoms with van der Waals surface area (Å²) in [6.45, 7) is 1.40. The second-order valence-electron chi connectivity index (χ2n) is 5.49. The molecule has 0 aliphatic carbocycles. The number of nitrogens with two attached hydrogens (primary N) is 1. The first kappa shape index (κ1) is 19.5. The average molecular weight is 380 g/mol. The van der Waals surface area contributed by atoms with E-state index < -0.39 is 33.8 Å². The Kier molecular flexibility index (Phi) is 6.06. The number of hydrogen-bond acceptors (Lipinski definition) is 5. The lowest BCUT2D eigenvalue weighted by molar-refractivity contribution is -0.152. The van der Waals surface area contributed by atoms with Gasteiger partial charge in [-0.1, -0.05) is 12.1 Å². The van der Waals surface area contributed by atoms with E-state index in [1.807, 2.05) is 0 Å². The van der Waals surface area contributed by atoms with Crippen LogP contribution in [0, 0.1) is 5.82 Å². The van der Waals surface area contributed by atoms with E-state index >= 15 is 0 Å². The zero-order valence-corrected chi connectivity index (χ0v) is 14.6. The molecule has 2 aromatic carbocycles. The molecule has 9 heteroatoms. The molecule has 0 fully saturated rings. The number of halogens is 1. The highest BCUT2D eigenvalue weighted by molar-refractivity contribution is 7.89. The average Bonchev–Trinajstić information content (AvgIpc) is 2.56. The predicted molar refractivity (Wildman–Crippen MR) is 92.1 cm³/mol. The molecule has 0 bridgehead atoms. The Morgan fingerprint density at radius 2 is 1.69 bits per heavy atom. The summed E-state index contributed by atoms with van der Waals surface area (Å²) in [5, 5.41) is 7.48. The molecule has 0 unspecified atom stereocenters. The van der Waals surface area contributed by atoms with E-state index in [1.165, 1.54) is 55.5 Å². The third-order valence-corrected chi connectivity index (χ3v) is 4.32. The molecule has 7 nitrogen and oxygen atoms in total. The van der Waals surface area contributed by atoms with Gasteiger partial charge in [0.05, 0.1) is 11.3 Å². The molecule has 3 N–H and O–H groups in total. The van der Waals surface area contributed by atoms with Gasteiger partial charge in [0.1, 0.15) is 5.82 Å². The van der Waals surface area contributed by atoms with E-state index in [1.54, 1.807) is 0 Å². The van der Waals surface area contributed by atoms with Crippen molar-refractivity contribution in [2.75, 3.05) is 5.32 Å². The van der Waals surface area contributed by atoms with Crippen molar-refractivity contribution < 1.29 is 27.1 Å². The third-order valence-electron chi connectivity index (χ3n) is 3.39. The van der Waals surface area contributed by atoms with Crippen LogP contribution in [0.5, 0.6) is 0 Å². The standard InChI is InChI=1S/C17H17FN2O5S/c1-11(25-16(21)10-12-2-4-13(18)5-3-12)17(22)20-14-6-8-15(9-7-14)26(19,23)24/h2-9,11H,10H2,1H3,(H,20,22)(H2,19,23,24)/t11-/m0/s1. The fraction of sp³-hybridized carbons (Fsp3) is 0.176. The molecule has 2 aromatic rings. The van der Waals surface area contributed by atoms with Gasteiger partial charge in [0.25, 0.3) is 5.91 Å². The van der Waals surface area contributed by atoms with Crippen LogP contribution in [-0.2, 0) is 30.8 Å². The minimum absolute atomic E-state index is 0.0886. The van der Waals surface area contributed by atoms with Crippen LogP contribution in [0.2, 0.25) is 0 Å². The molecule has 138 valence electrons. The van der Waals surface area contributed by atoms with Gasteiger partial charge in [0.15, 0.2) is 6.10 Å².